The predicted molar refractivity (Wildman–Crippen MR) is 95.1 cm³/mol. The zero-order valence-electron chi connectivity index (χ0n) is 15.2. The van der Waals surface area contributed by atoms with Crippen molar-refractivity contribution in [3.8, 4) is 5.75 Å². The molecule has 25 heavy (non-hydrogen) atoms. The highest BCUT2D eigenvalue weighted by atomic mass is 16.5. The molecule has 0 aliphatic carbocycles. The molecule has 6 nitrogen and oxygen atoms in total. The Morgan fingerprint density at radius 2 is 1.92 bits per heavy atom. The number of urea groups is 1. The van der Waals surface area contributed by atoms with Crippen LogP contribution in [0.2, 0.25) is 0 Å². The van der Waals surface area contributed by atoms with Crippen molar-refractivity contribution in [3.05, 3.63) is 41.1 Å². The third-order valence-corrected chi connectivity index (χ3v) is 3.94. The summed E-state index contributed by atoms with van der Waals surface area (Å²) in [5.41, 5.74) is 1.73. The van der Waals surface area contributed by atoms with E-state index in [4.69, 9.17) is 9.47 Å². The number of amides is 2. The van der Waals surface area contributed by atoms with Crippen molar-refractivity contribution >= 4 is 12.0 Å². The lowest BCUT2D eigenvalue weighted by Crippen LogP contribution is -2.45. The molecule has 1 aliphatic heterocycles. The van der Waals surface area contributed by atoms with E-state index in [1.807, 2.05) is 31.2 Å². The van der Waals surface area contributed by atoms with Crippen LogP contribution in [0.15, 0.2) is 35.5 Å². The number of benzene rings is 1. The summed E-state index contributed by atoms with van der Waals surface area (Å²) in [5.74, 6) is 0.784. The van der Waals surface area contributed by atoms with Gasteiger partial charge in [0.25, 0.3) is 0 Å². The fourth-order valence-electron chi connectivity index (χ4n) is 2.60. The second-order valence-corrected chi connectivity index (χ2v) is 6.39. The minimum Gasteiger partial charge on any atom is -0.494 e. The Bertz CT molecular complexity index is 650. The van der Waals surface area contributed by atoms with E-state index in [1.165, 1.54) is 0 Å². The zero-order valence-corrected chi connectivity index (χ0v) is 15.2. The molecule has 0 aromatic heterocycles. The van der Waals surface area contributed by atoms with Gasteiger partial charge >= 0.3 is 12.0 Å². The highest BCUT2D eigenvalue weighted by Gasteiger charge is 2.32. The van der Waals surface area contributed by atoms with Crippen molar-refractivity contribution in [3.63, 3.8) is 0 Å². The number of esters is 1. The highest BCUT2D eigenvalue weighted by Crippen LogP contribution is 2.29. The normalized spacial score (nSPS) is 17.2. The third kappa shape index (κ3) is 4.98. The van der Waals surface area contributed by atoms with Gasteiger partial charge in [-0.1, -0.05) is 26.0 Å². The molecular weight excluding hydrogens is 320 g/mol. The van der Waals surface area contributed by atoms with Gasteiger partial charge in [0.1, 0.15) is 5.75 Å². The average Bonchev–Trinajstić information content (AvgIpc) is 2.54. The number of rotatable bonds is 7. The molecule has 136 valence electrons. The Kier molecular flexibility index (Phi) is 6.44. The van der Waals surface area contributed by atoms with Crippen LogP contribution < -0.4 is 15.4 Å². The van der Waals surface area contributed by atoms with E-state index in [1.54, 1.807) is 6.92 Å². The minimum atomic E-state index is -0.545. The SMILES string of the molecule is CCOc1ccc(C2NC(=O)NC(C)=C2C(=O)OCCC(C)C)cc1. The molecule has 1 aromatic rings. The van der Waals surface area contributed by atoms with Crippen LogP contribution in [0, 0.1) is 5.92 Å². The van der Waals surface area contributed by atoms with Crippen LogP contribution in [0.1, 0.15) is 45.7 Å². The average molecular weight is 346 g/mol. The smallest absolute Gasteiger partial charge is 0.338 e. The van der Waals surface area contributed by atoms with Gasteiger partial charge in [-0.2, -0.15) is 0 Å². The van der Waals surface area contributed by atoms with E-state index >= 15 is 0 Å². The molecule has 1 atom stereocenters. The van der Waals surface area contributed by atoms with Gasteiger partial charge in [-0.25, -0.2) is 9.59 Å². The molecule has 2 N–H and O–H groups in total. The van der Waals surface area contributed by atoms with Crippen molar-refractivity contribution in [1.29, 1.82) is 0 Å². The summed E-state index contributed by atoms with van der Waals surface area (Å²) in [6.45, 7) is 8.71. The fraction of sp³-hybridized carbons (Fsp3) is 0.474. The fourth-order valence-corrected chi connectivity index (χ4v) is 2.60. The number of allylic oxidation sites excluding steroid dienone is 1. The molecule has 0 bridgehead atoms. The first-order valence-corrected chi connectivity index (χ1v) is 8.60. The molecule has 1 heterocycles. The molecule has 2 rings (SSSR count). The van der Waals surface area contributed by atoms with Gasteiger partial charge in [-0.05, 0) is 43.9 Å². The van der Waals surface area contributed by atoms with E-state index in [2.05, 4.69) is 24.5 Å². The van der Waals surface area contributed by atoms with Crippen molar-refractivity contribution in [2.24, 2.45) is 5.92 Å². The van der Waals surface area contributed by atoms with E-state index in [0.717, 1.165) is 17.7 Å². The molecule has 1 unspecified atom stereocenters. The maximum Gasteiger partial charge on any atom is 0.338 e. The number of ether oxygens (including phenoxy) is 2. The summed E-state index contributed by atoms with van der Waals surface area (Å²) in [4.78, 5) is 24.4. The van der Waals surface area contributed by atoms with Gasteiger partial charge in [0.2, 0.25) is 0 Å². The van der Waals surface area contributed by atoms with Gasteiger partial charge in [-0.3, -0.25) is 0 Å². The quantitative estimate of drug-likeness (QED) is 0.743. The number of carbonyl (C=O) groups is 2. The molecule has 0 fully saturated rings. The van der Waals surface area contributed by atoms with E-state index in [-0.39, 0.29) is 6.03 Å². The summed E-state index contributed by atoms with van der Waals surface area (Å²) in [6.07, 6.45) is 0.797. The summed E-state index contributed by atoms with van der Waals surface area (Å²) in [5, 5.41) is 5.44. The van der Waals surface area contributed by atoms with Crippen LogP contribution in [-0.4, -0.2) is 25.2 Å². The molecule has 0 saturated carbocycles. The second-order valence-electron chi connectivity index (χ2n) is 6.39. The Morgan fingerprint density at radius 1 is 1.24 bits per heavy atom. The van der Waals surface area contributed by atoms with Crippen LogP contribution in [0.4, 0.5) is 4.79 Å². The number of nitrogens with one attached hydrogen (secondary N) is 2. The third-order valence-electron chi connectivity index (χ3n) is 3.94. The lowest BCUT2D eigenvalue weighted by molar-refractivity contribution is -0.139. The lowest BCUT2D eigenvalue weighted by Gasteiger charge is -2.28. The number of carbonyl (C=O) groups excluding carboxylic acids is 2. The second kappa shape index (κ2) is 8.55. The van der Waals surface area contributed by atoms with Crippen LogP contribution in [0.5, 0.6) is 5.75 Å². The Balaban J connectivity index is 2.22. The zero-order chi connectivity index (χ0) is 18.4. The molecule has 1 aliphatic rings. The van der Waals surface area contributed by atoms with Gasteiger partial charge in [0.15, 0.2) is 0 Å². The first-order chi connectivity index (χ1) is 11.9. The molecule has 6 heteroatoms. The number of hydrogen-bond acceptors (Lipinski definition) is 4. The van der Waals surface area contributed by atoms with E-state index in [0.29, 0.717) is 30.4 Å². The predicted octanol–water partition coefficient (Wildman–Crippen LogP) is 3.30. The maximum absolute atomic E-state index is 12.6. The van der Waals surface area contributed by atoms with E-state index < -0.39 is 12.0 Å². The van der Waals surface area contributed by atoms with E-state index in [9.17, 15) is 9.59 Å². The van der Waals surface area contributed by atoms with Crippen LogP contribution in [-0.2, 0) is 9.53 Å². The van der Waals surface area contributed by atoms with Crippen molar-refractivity contribution in [2.45, 2.75) is 40.2 Å². The van der Waals surface area contributed by atoms with Gasteiger partial charge < -0.3 is 20.1 Å². The summed E-state index contributed by atoms with van der Waals surface area (Å²) >= 11 is 0. The van der Waals surface area contributed by atoms with Crippen molar-refractivity contribution in [1.82, 2.24) is 10.6 Å². The summed E-state index contributed by atoms with van der Waals surface area (Å²) < 4.78 is 10.8. The minimum absolute atomic E-state index is 0.338. The van der Waals surface area contributed by atoms with Gasteiger partial charge in [0.05, 0.1) is 24.8 Å². The molecule has 0 spiro atoms. The van der Waals surface area contributed by atoms with Gasteiger partial charge in [-0.15, -0.1) is 0 Å². The molecular formula is C19H26N2O4. The summed E-state index contributed by atoms with van der Waals surface area (Å²) in [7, 11) is 0. The Hall–Kier alpha value is -2.50. The highest BCUT2D eigenvalue weighted by molar-refractivity contribution is 5.95. The number of hydrogen-bond donors (Lipinski definition) is 2. The largest absolute Gasteiger partial charge is 0.494 e. The molecule has 2 amide bonds. The first kappa shape index (κ1) is 18.8. The van der Waals surface area contributed by atoms with Crippen molar-refractivity contribution < 1.29 is 19.1 Å². The first-order valence-electron chi connectivity index (χ1n) is 8.60. The van der Waals surface area contributed by atoms with Crippen LogP contribution in [0.25, 0.3) is 0 Å². The maximum atomic E-state index is 12.6. The summed E-state index contributed by atoms with van der Waals surface area (Å²) in [6, 6.07) is 6.45. The molecule has 0 saturated heterocycles. The molecule has 0 radical (unpaired) electrons. The Morgan fingerprint density at radius 3 is 2.52 bits per heavy atom. The standard InChI is InChI=1S/C19H26N2O4/c1-5-24-15-8-6-14(7-9-15)17-16(13(4)20-19(23)21-17)18(22)25-11-10-12(2)3/h6-9,12,17H,5,10-11H2,1-4H3,(H2,20,21,23). The van der Waals surface area contributed by atoms with Gasteiger partial charge in [0, 0.05) is 5.70 Å². The topological polar surface area (TPSA) is 76.7 Å². The van der Waals surface area contributed by atoms with Crippen LogP contribution >= 0.6 is 0 Å². The lowest BCUT2D eigenvalue weighted by atomic mass is 9.95. The monoisotopic (exact) mass is 346 g/mol. The van der Waals surface area contributed by atoms with Crippen molar-refractivity contribution in [2.75, 3.05) is 13.2 Å². The molecule has 1 aromatic carbocycles. The van der Waals surface area contributed by atoms with Crippen LogP contribution in [0.3, 0.4) is 0 Å². The Labute approximate surface area is 148 Å².